The van der Waals surface area contributed by atoms with Gasteiger partial charge in [0.15, 0.2) is 11.6 Å². The molecule has 0 radical (unpaired) electrons. The molecule has 2 atom stereocenters. The monoisotopic (exact) mass is 240 g/mol. The molecular weight excluding hydrogens is 222 g/mol. The SMILES string of the molecule is OC1CCCCC(Cc2cccc(F)c2F)C1. The molecule has 2 unspecified atom stereocenters. The van der Waals surface area contributed by atoms with Crippen molar-refractivity contribution >= 4 is 0 Å². The number of aliphatic hydroxyl groups is 1. The smallest absolute Gasteiger partial charge is 0.162 e. The van der Waals surface area contributed by atoms with Crippen molar-refractivity contribution in [2.45, 2.75) is 44.6 Å². The summed E-state index contributed by atoms with van der Waals surface area (Å²) in [6.45, 7) is 0. The number of aliphatic hydroxyl groups excluding tert-OH is 1. The van der Waals surface area contributed by atoms with Crippen molar-refractivity contribution < 1.29 is 13.9 Å². The van der Waals surface area contributed by atoms with E-state index in [4.69, 9.17) is 0 Å². The van der Waals surface area contributed by atoms with Gasteiger partial charge in [0, 0.05) is 0 Å². The molecule has 0 bridgehead atoms. The highest BCUT2D eigenvalue weighted by Gasteiger charge is 2.20. The van der Waals surface area contributed by atoms with Crippen molar-refractivity contribution in [3.8, 4) is 0 Å². The van der Waals surface area contributed by atoms with Crippen LogP contribution < -0.4 is 0 Å². The first-order chi connectivity index (χ1) is 8.16. The second kappa shape index (κ2) is 5.58. The Hall–Kier alpha value is -0.960. The van der Waals surface area contributed by atoms with Crippen LogP contribution in [-0.4, -0.2) is 11.2 Å². The zero-order chi connectivity index (χ0) is 12.3. The maximum absolute atomic E-state index is 13.5. The van der Waals surface area contributed by atoms with E-state index >= 15 is 0 Å². The van der Waals surface area contributed by atoms with Crippen molar-refractivity contribution in [1.82, 2.24) is 0 Å². The highest BCUT2D eigenvalue weighted by molar-refractivity contribution is 5.19. The standard InChI is InChI=1S/C14H18F2O/c15-13-7-3-5-11(14(13)16)8-10-4-1-2-6-12(17)9-10/h3,5,7,10,12,17H,1-2,4,6,8-9H2. The Morgan fingerprint density at radius 3 is 2.76 bits per heavy atom. The third kappa shape index (κ3) is 3.25. The second-order valence-corrected chi connectivity index (χ2v) is 4.96. The van der Waals surface area contributed by atoms with Gasteiger partial charge in [0.2, 0.25) is 0 Å². The minimum atomic E-state index is -0.781. The van der Waals surface area contributed by atoms with E-state index in [1.165, 1.54) is 0 Å². The molecule has 1 nitrogen and oxygen atoms in total. The number of rotatable bonds is 2. The van der Waals surface area contributed by atoms with E-state index in [-0.39, 0.29) is 12.0 Å². The first-order valence-corrected chi connectivity index (χ1v) is 6.27. The number of halogens is 2. The topological polar surface area (TPSA) is 20.2 Å². The fourth-order valence-corrected chi connectivity index (χ4v) is 2.64. The van der Waals surface area contributed by atoms with Crippen LogP contribution >= 0.6 is 0 Å². The molecule has 1 aliphatic rings. The van der Waals surface area contributed by atoms with Gasteiger partial charge in [-0.2, -0.15) is 0 Å². The normalized spacial score (nSPS) is 25.6. The summed E-state index contributed by atoms with van der Waals surface area (Å²) in [7, 11) is 0. The molecule has 0 saturated heterocycles. The molecule has 1 fully saturated rings. The third-order valence-corrected chi connectivity index (χ3v) is 3.55. The van der Waals surface area contributed by atoms with Gasteiger partial charge in [-0.15, -0.1) is 0 Å². The Balaban J connectivity index is 2.06. The largest absolute Gasteiger partial charge is 0.393 e. The molecule has 94 valence electrons. The van der Waals surface area contributed by atoms with Crippen LogP contribution in [0, 0.1) is 17.6 Å². The summed E-state index contributed by atoms with van der Waals surface area (Å²) in [5, 5.41) is 9.69. The van der Waals surface area contributed by atoms with Crippen LogP contribution in [0.1, 0.15) is 37.7 Å². The van der Waals surface area contributed by atoms with E-state index in [0.29, 0.717) is 18.4 Å². The predicted molar refractivity (Wildman–Crippen MR) is 62.6 cm³/mol. The minimum absolute atomic E-state index is 0.267. The summed E-state index contributed by atoms with van der Waals surface area (Å²) in [6, 6.07) is 4.32. The van der Waals surface area contributed by atoms with Gasteiger partial charge >= 0.3 is 0 Å². The summed E-state index contributed by atoms with van der Waals surface area (Å²) in [5.74, 6) is -1.24. The van der Waals surface area contributed by atoms with Crippen molar-refractivity contribution in [2.75, 3.05) is 0 Å². The van der Waals surface area contributed by atoms with Crippen molar-refractivity contribution in [3.63, 3.8) is 0 Å². The summed E-state index contributed by atoms with van der Waals surface area (Å²) in [6.07, 6.45) is 4.88. The summed E-state index contributed by atoms with van der Waals surface area (Å²) < 4.78 is 26.6. The van der Waals surface area contributed by atoms with Crippen LogP contribution in [0.3, 0.4) is 0 Å². The van der Waals surface area contributed by atoms with Gasteiger partial charge in [0.25, 0.3) is 0 Å². The van der Waals surface area contributed by atoms with Gasteiger partial charge in [0.05, 0.1) is 6.10 Å². The average Bonchev–Trinajstić information content (AvgIpc) is 2.49. The molecule has 0 aromatic heterocycles. The molecule has 3 heteroatoms. The molecule has 0 amide bonds. The quantitative estimate of drug-likeness (QED) is 0.785. The van der Waals surface area contributed by atoms with Crippen LogP contribution in [0.25, 0.3) is 0 Å². The van der Waals surface area contributed by atoms with E-state index in [2.05, 4.69) is 0 Å². The van der Waals surface area contributed by atoms with Gasteiger partial charge in [-0.05, 0) is 36.8 Å². The zero-order valence-corrected chi connectivity index (χ0v) is 9.83. The van der Waals surface area contributed by atoms with Crippen LogP contribution in [0.2, 0.25) is 0 Å². The molecule has 1 aromatic rings. The molecule has 0 spiro atoms. The van der Waals surface area contributed by atoms with E-state index in [9.17, 15) is 13.9 Å². The van der Waals surface area contributed by atoms with Crippen LogP contribution in [0.5, 0.6) is 0 Å². The minimum Gasteiger partial charge on any atom is -0.393 e. The van der Waals surface area contributed by atoms with Gasteiger partial charge in [-0.3, -0.25) is 0 Å². The number of benzene rings is 1. The fourth-order valence-electron chi connectivity index (χ4n) is 2.64. The van der Waals surface area contributed by atoms with Gasteiger partial charge in [-0.25, -0.2) is 8.78 Å². The van der Waals surface area contributed by atoms with Crippen LogP contribution in [0.15, 0.2) is 18.2 Å². The lowest BCUT2D eigenvalue weighted by atomic mass is 9.91. The number of hydrogen-bond donors (Lipinski definition) is 1. The Labute approximate surface area is 100 Å². The molecule has 0 aliphatic heterocycles. The van der Waals surface area contributed by atoms with E-state index < -0.39 is 11.6 Å². The fraction of sp³-hybridized carbons (Fsp3) is 0.571. The summed E-state index contributed by atoms with van der Waals surface area (Å²) in [4.78, 5) is 0. The average molecular weight is 240 g/mol. The van der Waals surface area contributed by atoms with Crippen LogP contribution in [0.4, 0.5) is 8.78 Å². The zero-order valence-electron chi connectivity index (χ0n) is 9.83. The number of hydrogen-bond acceptors (Lipinski definition) is 1. The molecule has 1 saturated carbocycles. The molecular formula is C14H18F2O. The van der Waals surface area contributed by atoms with Crippen molar-refractivity contribution in [3.05, 3.63) is 35.4 Å². The molecule has 1 aromatic carbocycles. The first-order valence-electron chi connectivity index (χ1n) is 6.27. The molecule has 0 heterocycles. The molecule has 2 rings (SSSR count). The summed E-state index contributed by atoms with van der Waals surface area (Å²) >= 11 is 0. The van der Waals surface area contributed by atoms with Gasteiger partial charge < -0.3 is 5.11 Å². The first kappa shape index (κ1) is 12.5. The Bertz CT molecular complexity index is 378. The van der Waals surface area contributed by atoms with E-state index in [0.717, 1.165) is 31.7 Å². The highest BCUT2D eigenvalue weighted by Crippen LogP contribution is 2.27. The Morgan fingerprint density at radius 1 is 1.18 bits per heavy atom. The van der Waals surface area contributed by atoms with Crippen molar-refractivity contribution in [2.24, 2.45) is 5.92 Å². The van der Waals surface area contributed by atoms with Gasteiger partial charge in [-0.1, -0.05) is 31.4 Å². The molecule has 17 heavy (non-hydrogen) atoms. The van der Waals surface area contributed by atoms with E-state index in [1.54, 1.807) is 12.1 Å². The molecule has 1 aliphatic carbocycles. The highest BCUT2D eigenvalue weighted by atomic mass is 19.2. The lowest BCUT2D eigenvalue weighted by Crippen LogP contribution is -2.13. The maximum atomic E-state index is 13.5. The predicted octanol–water partition coefficient (Wildman–Crippen LogP) is 3.45. The van der Waals surface area contributed by atoms with Crippen molar-refractivity contribution in [1.29, 1.82) is 0 Å². The third-order valence-electron chi connectivity index (χ3n) is 3.55. The van der Waals surface area contributed by atoms with Gasteiger partial charge in [0.1, 0.15) is 0 Å². The Morgan fingerprint density at radius 2 is 1.94 bits per heavy atom. The maximum Gasteiger partial charge on any atom is 0.162 e. The lowest BCUT2D eigenvalue weighted by molar-refractivity contribution is 0.141. The molecule has 1 N–H and O–H groups in total. The second-order valence-electron chi connectivity index (χ2n) is 4.96. The van der Waals surface area contributed by atoms with E-state index in [1.807, 2.05) is 0 Å². The van der Waals surface area contributed by atoms with Crippen LogP contribution in [-0.2, 0) is 6.42 Å². The summed E-state index contributed by atoms with van der Waals surface area (Å²) in [5.41, 5.74) is 0.434. The lowest BCUT2D eigenvalue weighted by Gasteiger charge is -2.16. The Kier molecular flexibility index (Phi) is 4.11.